The van der Waals surface area contributed by atoms with Gasteiger partial charge < -0.3 is 10.2 Å². The highest BCUT2D eigenvalue weighted by Gasteiger charge is 2.11. The first kappa shape index (κ1) is 18.1. The van der Waals surface area contributed by atoms with Crippen LogP contribution < -0.4 is 5.32 Å². The Bertz CT molecular complexity index is 881. The van der Waals surface area contributed by atoms with Gasteiger partial charge in [-0.05, 0) is 26.0 Å². The van der Waals surface area contributed by atoms with Gasteiger partial charge >= 0.3 is 0 Å². The first-order valence-corrected chi connectivity index (χ1v) is 9.32. The third kappa shape index (κ3) is 4.29. The lowest BCUT2D eigenvalue weighted by Gasteiger charge is -2.21. The van der Waals surface area contributed by atoms with Crippen LogP contribution in [-0.4, -0.2) is 39.7 Å². The van der Waals surface area contributed by atoms with Gasteiger partial charge in [0.2, 0.25) is 0 Å². The molecule has 3 aromatic rings. The Morgan fingerprint density at radius 1 is 1.27 bits per heavy atom. The standard InChI is InChI=1S/C19H24N6S/c1-14-18(26-15(2)23-14)11-21-19(20-3)24(4)12-16-10-22-25(13-16)17-8-6-5-7-9-17/h5-10,13H,11-12H2,1-4H3,(H,20,21). The number of nitrogens with one attached hydrogen (secondary N) is 1. The van der Waals surface area contributed by atoms with Crippen molar-refractivity contribution in [3.63, 3.8) is 0 Å². The summed E-state index contributed by atoms with van der Waals surface area (Å²) in [6.45, 7) is 5.54. The Morgan fingerprint density at radius 2 is 2.04 bits per heavy atom. The van der Waals surface area contributed by atoms with Gasteiger partial charge in [-0.1, -0.05) is 18.2 Å². The van der Waals surface area contributed by atoms with Crippen LogP contribution in [0.2, 0.25) is 0 Å². The molecule has 0 aliphatic heterocycles. The molecule has 1 aromatic carbocycles. The lowest BCUT2D eigenvalue weighted by molar-refractivity contribution is 0.477. The normalized spacial score (nSPS) is 11.6. The van der Waals surface area contributed by atoms with E-state index in [0.29, 0.717) is 0 Å². The highest BCUT2D eigenvalue weighted by atomic mass is 32.1. The number of benzene rings is 1. The van der Waals surface area contributed by atoms with Crippen LogP contribution in [0.3, 0.4) is 0 Å². The lowest BCUT2D eigenvalue weighted by Crippen LogP contribution is -2.37. The van der Waals surface area contributed by atoms with Gasteiger partial charge in [0.05, 0.1) is 29.1 Å². The van der Waals surface area contributed by atoms with Gasteiger partial charge in [-0.15, -0.1) is 11.3 Å². The zero-order valence-corrected chi connectivity index (χ0v) is 16.4. The largest absolute Gasteiger partial charge is 0.351 e. The van der Waals surface area contributed by atoms with Gasteiger partial charge in [-0.25, -0.2) is 9.67 Å². The molecule has 0 aliphatic rings. The van der Waals surface area contributed by atoms with E-state index in [9.17, 15) is 0 Å². The zero-order chi connectivity index (χ0) is 18.5. The molecule has 1 N–H and O–H groups in total. The van der Waals surface area contributed by atoms with Crippen LogP contribution in [0.15, 0.2) is 47.7 Å². The van der Waals surface area contributed by atoms with Crippen LogP contribution in [0.25, 0.3) is 5.69 Å². The number of aryl methyl sites for hydroxylation is 2. The molecule has 26 heavy (non-hydrogen) atoms. The number of guanidine groups is 1. The maximum Gasteiger partial charge on any atom is 0.193 e. The van der Waals surface area contributed by atoms with Gasteiger partial charge in [-0.3, -0.25) is 4.99 Å². The molecule has 0 amide bonds. The summed E-state index contributed by atoms with van der Waals surface area (Å²) in [6, 6.07) is 10.1. The minimum Gasteiger partial charge on any atom is -0.351 e. The first-order chi connectivity index (χ1) is 12.6. The van der Waals surface area contributed by atoms with Gasteiger partial charge in [0, 0.05) is 37.3 Å². The zero-order valence-electron chi connectivity index (χ0n) is 15.6. The summed E-state index contributed by atoms with van der Waals surface area (Å²) in [5, 5.41) is 8.97. The Balaban J connectivity index is 1.62. The van der Waals surface area contributed by atoms with Crippen molar-refractivity contribution in [3.8, 4) is 5.69 Å². The molecular formula is C19H24N6S. The number of aliphatic imine (C=N–C) groups is 1. The SMILES string of the molecule is CN=C(NCc1sc(C)nc1C)N(C)Cc1cnn(-c2ccccc2)c1. The van der Waals surface area contributed by atoms with Crippen molar-refractivity contribution >= 4 is 17.3 Å². The van der Waals surface area contributed by atoms with Gasteiger partial charge in [0.1, 0.15) is 0 Å². The van der Waals surface area contributed by atoms with Crippen molar-refractivity contribution in [2.24, 2.45) is 4.99 Å². The molecule has 0 atom stereocenters. The summed E-state index contributed by atoms with van der Waals surface area (Å²) in [5.41, 5.74) is 3.27. The molecule has 0 saturated carbocycles. The van der Waals surface area contributed by atoms with Gasteiger partial charge in [0.25, 0.3) is 0 Å². The number of para-hydroxylation sites is 1. The number of thiazole rings is 1. The molecule has 0 aliphatic carbocycles. The Hall–Kier alpha value is -2.67. The maximum atomic E-state index is 4.47. The third-order valence-corrected chi connectivity index (χ3v) is 5.13. The number of aromatic nitrogens is 3. The molecule has 7 heteroatoms. The molecule has 0 spiro atoms. The fraction of sp³-hybridized carbons (Fsp3) is 0.316. The smallest absolute Gasteiger partial charge is 0.193 e. The van der Waals surface area contributed by atoms with Crippen LogP contribution in [0.1, 0.15) is 21.1 Å². The van der Waals surface area contributed by atoms with Crippen molar-refractivity contribution in [2.45, 2.75) is 26.9 Å². The van der Waals surface area contributed by atoms with Crippen LogP contribution in [-0.2, 0) is 13.1 Å². The maximum absolute atomic E-state index is 4.47. The average Bonchev–Trinajstić information content (AvgIpc) is 3.22. The molecule has 0 unspecified atom stereocenters. The Morgan fingerprint density at radius 3 is 2.69 bits per heavy atom. The summed E-state index contributed by atoms with van der Waals surface area (Å²) >= 11 is 1.72. The van der Waals surface area contributed by atoms with E-state index in [4.69, 9.17) is 0 Å². The van der Waals surface area contributed by atoms with E-state index in [1.54, 1.807) is 18.4 Å². The van der Waals surface area contributed by atoms with Crippen molar-refractivity contribution in [1.82, 2.24) is 25.0 Å². The second kappa shape index (κ2) is 8.14. The minimum atomic E-state index is 0.729. The molecule has 2 heterocycles. The van der Waals surface area contributed by atoms with E-state index in [0.717, 1.165) is 41.0 Å². The molecule has 0 bridgehead atoms. The summed E-state index contributed by atoms with van der Waals surface area (Å²) in [5.74, 6) is 0.850. The number of rotatable bonds is 5. The predicted octanol–water partition coefficient (Wildman–Crippen LogP) is 3.15. The number of hydrogen-bond donors (Lipinski definition) is 1. The van der Waals surface area contributed by atoms with E-state index in [1.165, 1.54) is 4.88 Å². The molecule has 136 valence electrons. The summed E-state index contributed by atoms with van der Waals surface area (Å²) < 4.78 is 1.89. The lowest BCUT2D eigenvalue weighted by atomic mass is 10.3. The monoisotopic (exact) mass is 368 g/mol. The second-order valence-corrected chi connectivity index (χ2v) is 7.41. The number of nitrogens with zero attached hydrogens (tertiary/aromatic N) is 5. The van der Waals surface area contributed by atoms with Crippen molar-refractivity contribution in [2.75, 3.05) is 14.1 Å². The van der Waals surface area contributed by atoms with Crippen molar-refractivity contribution in [3.05, 3.63) is 63.9 Å². The fourth-order valence-electron chi connectivity index (χ4n) is 2.79. The van der Waals surface area contributed by atoms with Crippen LogP contribution in [0.4, 0.5) is 0 Å². The summed E-state index contributed by atoms with van der Waals surface area (Å²) in [6.07, 6.45) is 3.95. The third-order valence-electron chi connectivity index (χ3n) is 4.06. The molecule has 3 rings (SSSR count). The molecule has 6 nitrogen and oxygen atoms in total. The molecule has 0 saturated heterocycles. The molecular weight excluding hydrogens is 344 g/mol. The predicted molar refractivity (Wildman–Crippen MR) is 107 cm³/mol. The minimum absolute atomic E-state index is 0.729. The van der Waals surface area contributed by atoms with E-state index < -0.39 is 0 Å². The highest BCUT2D eigenvalue weighted by Crippen LogP contribution is 2.16. The Labute approximate surface area is 158 Å². The molecule has 0 radical (unpaired) electrons. The van der Waals surface area contributed by atoms with E-state index in [2.05, 4.69) is 31.5 Å². The fourth-order valence-corrected chi connectivity index (χ4v) is 3.67. The van der Waals surface area contributed by atoms with Crippen LogP contribution in [0.5, 0.6) is 0 Å². The summed E-state index contributed by atoms with van der Waals surface area (Å²) in [7, 11) is 3.83. The molecule has 2 aromatic heterocycles. The number of hydrogen-bond acceptors (Lipinski definition) is 4. The van der Waals surface area contributed by atoms with Crippen molar-refractivity contribution < 1.29 is 0 Å². The van der Waals surface area contributed by atoms with Gasteiger partial charge in [-0.2, -0.15) is 5.10 Å². The highest BCUT2D eigenvalue weighted by molar-refractivity contribution is 7.11. The van der Waals surface area contributed by atoms with Gasteiger partial charge in [0.15, 0.2) is 5.96 Å². The van der Waals surface area contributed by atoms with Crippen LogP contribution >= 0.6 is 11.3 Å². The van der Waals surface area contributed by atoms with Crippen molar-refractivity contribution in [1.29, 1.82) is 0 Å². The topological polar surface area (TPSA) is 58.3 Å². The average molecular weight is 369 g/mol. The van der Waals surface area contributed by atoms with E-state index in [-0.39, 0.29) is 0 Å². The Kier molecular flexibility index (Phi) is 5.68. The molecule has 0 fully saturated rings. The quantitative estimate of drug-likeness (QED) is 0.555. The second-order valence-electron chi connectivity index (χ2n) is 6.13. The van der Waals surface area contributed by atoms with E-state index >= 15 is 0 Å². The van der Waals surface area contributed by atoms with Crippen LogP contribution in [0, 0.1) is 13.8 Å². The first-order valence-electron chi connectivity index (χ1n) is 8.50. The summed E-state index contributed by atoms with van der Waals surface area (Å²) in [4.78, 5) is 12.2. The van der Waals surface area contributed by atoms with E-state index in [1.807, 2.05) is 62.1 Å².